The van der Waals surface area contributed by atoms with Crippen molar-refractivity contribution in [2.45, 2.75) is 26.2 Å². The van der Waals surface area contributed by atoms with E-state index in [1.165, 1.54) is 27.2 Å². The van der Waals surface area contributed by atoms with Crippen LogP contribution in [0.4, 0.5) is 10.3 Å². The van der Waals surface area contributed by atoms with Crippen molar-refractivity contribution in [1.82, 2.24) is 18.9 Å². The van der Waals surface area contributed by atoms with Crippen molar-refractivity contribution in [2.75, 3.05) is 24.2 Å². The van der Waals surface area contributed by atoms with Crippen LogP contribution in [-0.2, 0) is 14.8 Å². The van der Waals surface area contributed by atoms with Crippen LogP contribution in [0.5, 0.6) is 0 Å². The molecule has 0 saturated carbocycles. The Morgan fingerprint density at radius 3 is 2.76 bits per heavy atom. The minimum Gasteiger partial charge on any atom is -0.293 e. The predicted molar refractivity (Wildman–Crippen MR) is 89.9 cm³/mol. The number of amides is 1. The van der Waals surface area contributed by atoms with E-state index in [1.54, 1.807) is 0 Å². The molecule has 2 aromatic rings. The molecule has 1 saturated heterocycles. The number of halogens is 1. The van der Waals surface area contributed by atoms with Gasteiger partial charge in [0.25, 0.3) is 0 Å². The molecule has 2 aromatic heterocycles. The number of piperidine rings is 1. The number of hydrogen-bond donors (Lipinski definition) is 1. The highest BCUT2D eigenvalue weighted by molar-refractivity contribution is 7.89. The van der Waals surface area contributed by atoms with E-state index in [1.807, 2.05) is 6.92 Å². The number of carbonyl (C=O) groups is 1. The van der Waals surface area contributed by atoms with Gasteiger partial charge in [-0.2, -0.15) is 4.98 Å². The first kappa shape index (κ1) is 17.7. The quantitative estimate of drug-likeness (QED) is 0.856. The molecule has 1 aliphatic rings. The Kier molecular flexibility index (Phi) is 5.00. The summed E-state index contributed by atoms with van der Waals surface area (Å²) in [7, 11) is -3.22. The number of anilines is 1. The molecule has 136 valence electrons. The lowest BCUT2D eigenvalue weighted by Gasteiger charge is -2.30. The first-order chi connectivity index (χ1) is 11.9. The van der Waals surface area contributed by atoms with Crippen molar-refractivity contribution in [3.63, 3.8) is 0 Å². The minimum atomic E-state index is -3.22. The van der Waals surface area contributed by atoms with Gasteiger partial charge in [-0.05, 0) is 31.4 Å². The largest absolute Gasteiger partial charge is 0.293 e. The zero-order chi connectivity index (χ0) is 18.0. The Morgan fingerprint density at radius 2 is 2.08 bits per heavy atom. The van der Waals surface area contributed by atoms with Gasteiger partial charge < -0.3 is 0 Å². The van der Waals surface area contributed by atoms with Gasteiger partial charge in [0.1, 0.15) is 5.82 Å². The molecule has 1 amide bonds. The predicted octanol–water partition coefficient (Wildman–Crippen LogP) is 1.26. The summed E-state index contributed by atoms with van der Waals surface area (Å²) in [5.74, 6) is -0.751. The third kappa shape index (κ3) is 3.96. The zero-order valence-electron chi connectivity index (χ0n) is 13.9. The van der Waals surface area contributed by atoms with Gasteiger partial charge >= 0.3 is 0 Å². The van der Waals surface area contributed by atoms with E-state index < -0.39 is 15.8 Å². The smallest absolute Gasteiger partial charge is 0.249 e. The van der Waals surface area contributed by atoms with Crippen LogP contribution in [0, 0.1) is 11.7 Å². The summed E-state index contributed by atoms with van der Waals surface area (Å²) in [5, 5.41) is 6.64. The van der Waals surface area contributed by atoms with Crippen LogP contribution in [0.1, 0.15) is 26.2 Å². The van der Waals surface area contributed by atoms with Crippen molar-refractivity contribution >= 4 is 27.5 Å². The number of nitrogens with zero attached hydrogens (tertiary/aromatic N) is 4. The molecule has 3 heterocycles. The topological polar surface area (TPSA) is 96.7 Å². The van der Waals surface area contributed by atoms with Gasteiger partial charge in [0.15, 0.2) is 5.65 Å². The number of sulfonamides is 1. The first-order valence-corrected chi connectivity index (χ1v) is 9.80. The highest BCUT2D eigenvalue weighted by atomic mass is 32.2. The maximum atomic E-state index is 13.2. The maximum Gasteiger partial charge on any atom is 0.249 e. The number of nitrogens with one attached hydrogen (secondary N) is 1. The summed E-state index contributed by atoms with van der Waals surface area (Å²) >= 11 is 0. The summed E-state index contributed by atoms with van der Waals surface area (Å²) in [4.78, 5) is 16.5. The first-order valence-electron chi connectivity index (χ1n) is 8.19. The molecule has 0 unspecified atom stereocenters. The standard InChI is InChI=1S/C15H20FN5O3S/c1-2-9-25(23,24)20-7-5-11(6-8-20)14(22)18-15-17-13-4-3-12(16)10-21(13)19-15/h3-4,10-11H,2,5-9H2,1H3,(H,18,19,22). The molecule has 8 nitrogen and oxygen atoms in total. The second-order valence-corrected chi connectivity index (χ2v) is 8.15. The monoisotopic (exact) mass is 369 g/mol. The Bertz CT molecular complexity index is 874. The lowest BCUT2D eigenvalue weighted by atomic mass is 9.97. The molecule has 0 radical (unpaired) electrons. The Morgan fingerprint density at radius 1 is 1.36 bits per heavy atom. The average Bonchev–Trinajstić information content (AvgIpc) is 2.96. The van der Waals surface area contributed by atoms with Gasteiger partial charge in [-0.3, -0.25) is 10.1 Å². The molecule has 1 N–H and O–H groups in total. The molecular formula is C15H20FN5O3S. The molecule has 1 aliphatic heterocycles. The fourth-order valence-electron chi connectivity index (χ4n) is 2.91. The minimum absolute atomic E-state index is 0.108. The summed E-state index contributed by atoms with van der Waals surface area (Å²) in [6.07, 6.45) is 2.66. The summed E-state index contributed by atoms with van der Waals surface area (Å²) < 4.78 is 40.0. The SMILES string of the molecule is CCCS(=O)(=O)N1CCC(C(=O)Nc2nc3ccc(F)cn3n2)CC1. The molecule has 0 spiro atoms. The average molecular weight is 369 g/mol. The normalized spacial score (nSPS) is 17.0. The van der Waals surface area contributed by atoms with E-state index in [4.69, 9.17) is 0 Å². The van der Waals surface area contributed by atoms with E-state index in [0.29, 0.717) is 38.0 Å². The molecule has 3 rings (SSSR count). The van der Waals surface area contributed by atoms with Crippen LogP contribution in [0.25, 0.3) is 5.65 Å². The van der Waals surface area contributed by atoms with Gasteiger partial charge in [0.2, 0.25) is 21.9 Å². The number of rotatable bonds is 5. The lowest BCUT2D eigenvalue weighted by Crippen LogP contribution is -2.42. The number of fused-ring (bicyclic) bond motifs is 1. The van der Waals surface area contributed by atoms with E-state index in [9.17, 15) is 17.6 Å². The van der Waals surface area contributed by atoms with Gasteiger partial charge in [0, 0.05) is 19.0 Å². The van der Waals surface area contributed by atoms with Crippen molar-refractivity contribution in [3.8, 4) is 0 Å². The van der Waals surface area contributed by atoms with Gasteiger partial charge in [-0.1, -0.05) is 6.92 Å². The second kappa shape index (κ2) is 7.04. The molecule has 0 bridgehead atoms. The molecule has 10 heteroatoms. The number of pyridine rings is 1. The molecule has 1 fully saturated rings. The number of hydrogen-bond acceptors (Lipinski definition) is 5. The molecule has 0 aliphatic carbocycles. The highest BCUT2D eigenvalue weighted by Gasteiger charge is 2.31. The Labute approximate surface area is 145 Å². The van der Waals surface area contributed by atoms with Gasteiger partial charge in [-0.15, -0.1) is 5.10 Å². The summed E-state index contributed by atoms with van der Waals surface area (Å²) in [6, 6.07) is 2.73. The number of carbonyl (C=O) groups excluding carboxylic acids is 1. The van der Waals surface area contributed by atoms with Crippen molar-refractivity contribution in [1.29, 1.82) is 0 Å². The van der Waals surface area contributed by atoms with E-state index in [0.717, 1.165) is 0 Å². The summed E-state index contributed by atoms with van der Waals surface area (Å²) in [6.45, 7) is 2.50. The number of aromatic nitrogens is 3. The highest BCUT2D eigenvalue weighted by Crippen LogP contribution is 2.21. The van der Waals surface area contributed by atoms with E-state index >= 15 is 0 Å². The van der Waals surface area contributed by atoms with Gasteiger partial charge in [0.05, 0.1) is 11.9 Å². The van der Waals surface area contributed by atoms with Crippen LogP contribution >= 0.6 is 0 Å². The molecular weight excluding hydrogens is 349 g/mol. The Hall–Kier alpha value is -2.07. The third-order valence-electron chi connectivity index (χ3n) is 4.21. The second-order valence-electron chi connectivity index (χ2n) is 6.06. The van der Waals surface area contributed by atoms with E-state index in [-0.39, 0.29) is 23.5 Å². The zero-order valence-corrected chi connectivity index (χ0v) is 14.7. The van der Waals surface area contributed by atoms with Crippen LogP contribution in [0.15, 0.2) is 18.3 Å². The lowest BCUT2D eigenvalue weighted by molar-refractivity contribution is -0.121. The van der Waals surface area contributed by atoms with E-state index in [2.05, 4.69) is 15.4 Å². The molecule has 25 heavy (non-hydrogen) atoms. The fourth-order valence-corrected chi connectivity index (χ4v) is 4.45. The van der Waals surface area contributed by atoms with Crippen molar-refractivity contribution in [3.05, 3.63) is 24.1 Å². The molecule has 0 aromatic carbocycles. The molecule has 0 atom stereocenters. The van der Waals surface area contributed by atoms with Crippen molar-refractivity contribution in [2.24, 2.45) is 5.92 Å². The maximum absolute atomic E-state index is 13.2. The third-order valence-corrected chi connectivity index (χ3v) is 6.29. The van der Waals surface area contributed by atoms with Crippen LogP contribution in [0.3, 0.4) is 0 Å². The van der Waals surface area contributed by atoms with Crippen LogP contribution in [-0.4, -0.2) is 52.1 Å². The Balaban J connectivity index is 1.60. The van der Waals surface area contributed by atoms with Crippen LogP contribution < -0.4 is 5.32 Å². The van der Waals surface area contributed by atoms with Crippen LogP contribution in [0.2, 0.25) is 0 Å². The fraction of sp³-hybridized carbons (Fsp3) is 0.533. The van der Waals surface area contributed by atoms with Gasteiger partial charge in [-0.25, -0.2) is 21.6 Å². The summed E-state index contributed by atoms with van der Waals surface area (Å²) in [5.41, 5.74) is 0.428. The van der Waals surface area contributed by atoms with Crippen molar-refractivity contribution < 1.29 is 17.6 Å².